The molecule has 1 heterocycles. The number of allylic oxidation sites excluding steroid dienone is 4. The Morgan fingerprint density at radius 1 is 0.288 bits per heavy atom. The number of nitrogens with zero attached hydrogens (tertiary/aromatic N) is 1. The second-order valence-electron chi connectivity index (χ2n) is 15.7. The van der Waals surface area contributed by atoms with E-state index in [0.717, 1.165) is 5.69 Å². The van der Waals surface area contributed by atoms with Gasteiger partial charge in [0.25, 0.3) is 0 Å². The lowest BCUT2D eigenvalue weighted by Crippen LogP contribution is -1.99. The molecule has 0 amide bonds. The highest BCUT2D eigenvalue weighted by Gasteiger charge is 2.21. The van der Waals surface area contributed by atoms with Gasteiger partial charge in [0, 0.05) is 16.5 Å². The summed E-state index contributed by atoms with van der Waals surface area (Å²) in [6.45, 7) is 4.62. The molecule has 0 bridgehead atoms. The largest absolute Gasteiger partial charge is 0.309 e. The van der Waals surface area contributed by atoms with Crippen molar-refractivity contribution in [2.24, 2.45) is 0 Å². The van der Waals surface area contributed by atoms with Crippen LogP contribution in [0.3, 0.4) is 0 Å². The van der Waals surface area contributed by atoms with E-state index in [2.05, 4.69) is 231 Å². The van der Waals surface area contributed by atoms with Crippen LogP contribution in [-0.4, -0.2) is 4.57 Å². The van der Waals surface area contributed by atoms with Crippen LogP contribution in [0.1, 0.15) is 36.1 Å². The van der Waals surface area contributed by atoms with Crippen molar-refractivity contribution in [3.8, 4) is 5.69 Å². The molecule has 0 saturated carbocycles. The van der Waals surface area contributed by atoms with Crippen LogP contribution in [0.5, 0.6) is 0 Å². The SMILES string of the molecule is C/C(=C(\C(=C(/C)c1ccc2c3ccccc3n(-c3ccc4ccccc4c3)c2c1)c1ccccc1)c1ccccc1)c1ccc2c3ccccc3c3ccccc3c2c1. The second kappa shape index (κ2) is 14.2. The van der Waals surface area contributed by atoms with Crippen LogP contribution in [-0.2, 0) is 0 Å². The van der Waals surface area contributed by atoms with Gasteiger partial charge in [-0.2, -0.15) is 0 Å². The molecule has 0 spiro atoms. The van der Waals surface area contributed by atoms with Crippen molar-refractivity contribution in [3.05, 3.63) is 235 Å². The standard InChI is InChI=1S/C58H41N/c1-38(43-30-33-51-49-25-12-11-23-47(49)48-24-13-14-26-50(48)54(51)36-43)57(41-18-5-3-6-19-41)58(42-20-7-4-8-21-42)39(2)44-31-34-53-52-27-15-16-28-55(52)59(56(53)37-44)46-32-29-40-17-9-10-22-45(40)35-46/h3-37H,1-2H3/b57-38+,58-39+. The maximum absolute atomic E-state index is 2.44. The number of rotatable bonds is 6. The van der Waals surface area contributed by atoms with E-state index in [0.29, 0.717) is 0 Å². The van der Waals surface area contributed by atoms with Gasteiger partial charge in [-0.3, -0.25) is 0 Å². The van der Waals surface area contributed by atoms with E-state index >= 15 is 0 Å². The average molecular weight is 752 g/mol. The molecule has 0 aliphatic carbocycles. The number of fused-ring (bicyclic) bond motifs is 10. The molecule has 278 valence electrons. The van der Waals surface area contributed by atoms with E-state index in [9.17, 15) is 0 Å². The summed E-state index contributed by atoms with van der Waals surface area (Å²) < 4.78 is 2.44. The van der Waals surface area contributed by atoms with Gasteiger partial charge in [-0.25, -0.2) is 0 Å². The minimum atomic E-state index is 1.16. The highest BCUT2D eigenvalue weighted by Crippen LogP contribution is 2.44. The van der Waals surface area contributed by atoms with Gasteiger partial charge in [0.2, 0.25) is 0 Å². The molecule has 0 radical (unpaired) electrons. The van der Waals surface area contributed by atoms with Crippen LogP contribution in [0.15, 0.2) is 212 Å². The molecule has 11 rings (SSSR count). The summed E-state index contributed by atoms with van der Waals surface area (Å²) >= 11 is 0. The second-order valence-corrected chi connectivity index (χ2v) is 15.7. The number of hydrogen-bond acceptors (Lipinski definition) is 0. The van der Waals surface area contributed by atoms with Crippen LogP contribution in [0.2, 0.25) is 0 Å². The molecular weight excluding hydrogens is 711 g/mol. The summed E-state index contributed by atoms with van der Waals surface area (Å²) in [7, 11) is 0. The third-order valence-electron chi connectivity index (χ3n) is 12.4. The van der Waals surface area contributed by atoms with Gasteiger partial charge < -0.3 is 4.57 Å². The predicted octanol–water partition coefficient (Wildman–Crippen LogP) is 16.0. The Labute approximate surface area is 344 Å². The normalized spacial score (nSPS) is 12.8. The summed E-state index contributed by atoms with van der Waals surface area (Å²) in [5, 5.41) is 12.7. The van der Waals surface area contributed by atoms with E-state index in [1.54, 1.807) is 0 Å². The van der Waals surface area contributed by atoms with Crippen molar-refractivity contribution in [3.63, 3.8) is 0 Å². The van der Waals surface area contributed by atoms with Crippen molar-refractivity contribution >= 4 is 87.2 Å². The Hall–Kier alpha value is -7.48. The Bertz CT molecular complexity index is 3450. The van der Waals surface area contributed by atoms with Gasteiger partial charge in [-0.05, 0) is 132 Å². The molecule has 0 unspecified atom stereocenters. The molecule has 59 heavy (non-hydrogen) atoms. The zero-order valence-electron chi connectivity index (χ0n) is 33.2. The van der Waals surface area contributed by atoms with Crippen molar-refractivity contribution in [1.82, 2.24) is 4.57 Å². The lowest BCUT2D eigenvalue weighted by atomic mass is 9.82. The molecule has 0 aliphatic rings. The third kappa shape index (κ3) is 5.77. The fourth-order valence-corrected chi connectivity index (χ4v) is 9.53. The van der Waals surface area contributed by atoms with Crippen LogP contribution >= 0.6 is 0 Å². The maximum Gasteiger partial charge on any atom is 0.0547 e. The summed E-state index contributed by atoms with van der Waals surface area (Å²) in [6.07, 6.45) is 0. The molecule has 0 saturated heterocycles. The fourth-order valence-electron chi connectivity index (χ4n) is 9.53. The predicted molar refractivity (Wildman–Crippen MR) is 255 cm³/mol. The Kier molecular flexibility index (Phi) is 8.34. The first-order valence-electron chi connectivity index (χ1n) is 20.5. The number of hydrogen-bond donors (Lipinski definition) is 0. The summed E-state index contributed by atoms with van der Waals surface area (Å²) in [6, 6.07) is 78.0. The van der Waals surface area contributed by atoms with Gasteiger partial charge in [-0.1, -0.05) is 182 Å². The smallest absolute Gasteiger partial charge is 0.0547 e. The first-order valence-corrected chi connectivity index (χ1v) is 20.5. The van der Waals surface area contributed by atoms with E-state index in [1.807, 2.05) is 0 Å². The topological polar surface area (TPSA) is 4.93 Å². The quantitative estimate of drug-likeness (QED) is 0.0906. The van der Waals surface area contributed by atoms with Gasteiger partial charge in [-0.15, -0.1) is 0 Å². The third-order valence-corrected chi connectivity index (χ3v) is 12.4. The molecule has 10 aromatic carbocycles. The number of para-hydroxylation sites is 1. The van der Waals surface area contributed by atoms with Crippen LogP contribution < -0.4 is 0 Å². The van der Waals surface area contributed by atoms with Gasteiger partial charge >= 0.3 is 0 Å². The van der Waals surface area contributed by atoms with Crippen molar-refractivity contribution in [2.45, 2.75) is 13.8 Å². The van der Waals surface area contributed by atoms with Crippen LogP contribution in [0.4, 0.5) is 0 Å². The number of benzene rings is 10. The number of aromatic nitrogens is 1. The molecule has 1 heteroatoms. The van der Waals surface area contributed by atoms with Gasteiger partial charge in [0.1, 0.15) is 0 Å². The van der Waals surface area contributed by atoms with Crippen molar-refractivity contribution in [2.75, 3.05) is 0 Å². The molecule has 11 aromatic rings. The Balaban J connectivity index is 1.19. The van der Waals surface area contributed by atoms with E-state index in [-0.39, 0.29) is 0 Å². The summed E-state index contributed by atoms with van der Waals surface area (Å²) in [5.74, 6) is 0. The molecular formula is C58H41N. The lowest BCUT2D eigenvalue weighted by Gasteiger charge is -2.22. The van der Waals surface area contributed by atoms with Crippen molar-refractivity contribution < 1.29 is 0 Å². The average Bonchev–Trinajstić information content (AvgIpc) is 3.64. The van der Waals surface area contributed by atoms with E-state index < -0.39 is 0 Å². The van der Waals surface area contributed by atoms with Gasteiger partial charge in [0.15, 0.2) is 0 Å². The van der Waals surface area contributed by atoms with Crippen LogP contribution in [0, 0.1) is 0 Å². The molecule has 0 fully saturated rings. The summed E-state index contributed by atoms with van der Waals surface area (Å²) in [4.78, 5) is 0. The van der Waals surface area contributed by atoms with E-state index in [4.69, 9.17) is 0 Å². The molecule has 0 aliphatic heterocycles. The maximum atomic E-state index is 2.44. The Morgan fingerprint density at radius 2 is 0.729 bits per heavy atom. The minimum absolute atomic E-state index is 1.16. The molecule has 0 atom stereocenters. The van der Waals surface area contributed by atoms with Gasteiger partial charge in [0.05, 0.1) is 11.0 Å². The zero-order chi connectivity index (χ0) is 39.5. The first-order chi connectivity index (χ1) is 29.1. The first kappa shape index (κ1) is 34.7. The lowest BCUT2D eigenvalue weighted by molar-refractivity contribution is 1.18. The molecule has 0 N–H and O–H groups in total. The van der Waals surface area contributed by atoms with Crippen molar-refractivity contribution in [1.29, 1.82) is 0 Å². The van der Waals surface area contributed by atoms with E-state index in [1.165, 1.54) is 109 Å². The highest BCUT2D eigenvalue weighted by molar-refractivity contribution is 6.27. The summed E-state index contributed by atoms with van der Waals surface area (Å²) in [5.41, 5.74) is 13.3. The molecule has 1 aromatic heterocycles. The monoisotopic (exact) mass is 751 g/mol. The fraction of sp³-hybridized carbons (Fsp3) is 0.0345. The highest BCUT2D eigenvalue weighted by atomic mass is 15.0. The zero-order valence-corrected chi connectivity index (χ0v) is 33.2. The Morgan fingerprint density at radius 3 is 1.34 bits per heavy atom. The van der Waals surface area contributed by atoms with Crippen LogP contribution in [0.25, 0.3) is 92.9 Å². The minimum Gasteiger partial charge on any atom is -0.309 e. The molecule has 1 nitrogen and oxygen atoms in total.